The molecule has 190 valence electrons. The minimum atomic E-state index is -1.28. The van der Waals surface area contributed by atoms with Crippen molar-refractivity contribution in [3.63, 3.8) is 0 Å². The molecule has 0 aliphatic carbocycles. The zero-order chi connectivity index (χ0) is 25.7. The van der Waals surface area contributed by atoms with Crippen LogP contribution in [0.4, 0.5) is 0 Å². The van der Waals surface area contributed by atoms with Crippen LogP contribution in [0.5, 0.6) is 0 Å². The highest BCUT2D eigenvalue weighted by Crippen LogP contribution is 2.09. The third-order valence-corrected chi connectivity index (χ3v) is 5.46. The fraction of sp³-hybridized carbons (Fsp3) is 0.762. The summed E-state index contributed by atoms with van der Waals surface area (Å²) in [5, 5.41) is 25.8. The number of hydrogen-bond donors (Lipinski definition) is 6. The van der Waals surface area contributed by atoms with Crippen LogP contribution >= 0.6 is 11.8 Å². The molecule has 0 radical (unpaired) electrons. The molecule has 12 heteroatoms. The van der Waals surface area contributed by atoms with E-state index < -0.39 is 60.2 Å². The lowest BCUT2D eigenvalue weighted by atomic mass is 9.99. The second kappa shape index (κ2) is 15.5. The number of carbonyl (C=O) groups excluding carboxylic acids is 3. The first-order chi connectivity index (χ1) is 15.3. The SMILES string of the molecule is CSCC[C@H](NC(=O)[C@H](CCC(=O)O)NC(=O)[C@@H](NC(=O)[C@@H](N)CC(C)C)C(C)C)C(=O)O. The molecule has 7 N–H and O–H groups in total. The second-order valence-corrected chi connectivity index (χ2v) is 9.63. The Bertz CT molecular complexity index is 688. The summed E-state index contributed by atoms with van der Waals surface area (Å²) in [5.74, 6) is -4.08. The average molecular weight is 491 g/mol. The van der Waals surface area contributed by atoms with Gasteiger partial charge in [-0.25, -0.2) is 4.79 Å². The number of thioether (sulfide) groups is 1. The predicted molar refractivity (Wildman–Crippen MR) is 126 cm³/mol. The molecule has 0 aromatic carbocycles. The molecule has 0 unspecified atom stereocenters. The van der Waals surface area contributed by atoms with Gasteiger partial charge < -0.3 is 31.9 Å². The maximum absolute atomic E-state index is 12.9. The molecule has 3 amide bonds. The highest BCUT2D eigenvalue weighted by atomic mass is 32.2. The van der Waals surface area contributed by atoms with Gasteiger partial charge in [0.15, 0.2) is 0 Å². The largest absolute Gasteiger partial charge is 0.481 e. The monoisotopic (exact) mass is 490 g/mol. The van der Waals surface area contributed by atoms with Crippen molar-refractivity contribution in [2.45, 2.75) is 77.5 Å². The quantitative estimate of drug-likeness (QED) is 0.175. The molecular weight excluding hydrogens is 452 g/mol. The fourth-order valence-corrected chi connectivity index (χ4v) is 3.45. The number of aliphatic carboxylic acids is 2. The number of carboxylic acids is 2. The van der Waals surface area contributed by atoms with E-state index in [1.54, 1.807) is 20.1 Å². The Hall–Kier alpha value is -2.34. The van der Waals surface area contributed by atoms with Crippen LogP contribution in [0, 0.1) is 11.8 Å². The van der Waals surface area contributed by atoms with Gasteiger partial charge in [-0.1, -0.05) is 27.7 Å². The third-order valence-electron chi connectivity index (χ3n) is 4.81. The van der Waals surface area contributed by atoms with E-state index in [1.807, 2.05) is 13.8 Å². The highest BCUT2D eigenvalue weighted by Gasteiger charge is 2.32. The first kappa shape index (κ1) is 30.7. The lowest BCUT2D eigenvalue weighted by Gasteiger charge is -2.27. The molecule has 0 aliphatic heterocycles. The lowest BCUT2D eigenvalue weighted by molar-refractivity contribution is -0.143. The van der Waals surface area contributed by atoms with Crippen LogP contribution in [0.1, 0.15) is 53.4 Å². The van der Waals surface area contributed by atoms with Gasteiger partial charge in [0.25, 0.3) is 0 Å². The Morgan fingerprint density at radius 1 is 0.848 bits per heavy atom. The first-order valence-corrected chi connectivity index (χ1v) is 12.3. The molecule has 0 spiro atoms. The second-order valence-electron chi connectivity index (χ2n) is 8.64. The molecule has 0 bridgehead atoms. The molecule has 0 aromatic rings. The number of carbonyl (C=O) groups is 5. The van der Waals surface area contributed by atoms with E-state index >= 15 is 0 Å². The summed E-state index contributed by atoms with van der Waals surface area (Å²) in [6.45, 7) is 7.23. The van der Waals surface area contributed by atoms with Crippen LogP contribution in [-0.4, -0.2) is 76.0 Å². The molecule has 0 rings (SSSR count). The van der Waals surface area contributed by atoms with Gasteiger partial charge in [-0.05, 0) is 43.1 Å². The summed E-state index contributed by atoms with van der Waals surface area (Å²) in [7, 11) is 0. The van der Waals surface area contributed by atoms with E-state index in [2.05, 4.69) is 16.0 Å². The molecule has 0 aliphatic rings. The summed E-state index contributed by atoms with van der Waals surface area (Å²) in [6.07, 6.45) is 1.73. The maximum Gasteiger partial charge on any atom is 0.326 e. The zero-order valence-electron chi connectivity index (χ0n) is 19.9. The van der Waals surface area contributed by atoms with Gasteiger partial charge in [-0.15, -0.1) is 0 Å². The normalized spacial score (nSPS) is 14.8. The third kappa shape index (κ3) is 12.5. The summed E-state index contributed by atoms with van der Waals surface area (Å²) < 4.78 is 0. The molecular formula is C21H38N4O7S. The molecule has 0 saturated heterocycles. The van der Waals surface area contributed by atoms with Crippen LogP contribution in [0.15, 0.2) is 0 Å². The van der Waals surface area contributed by atoms with E-state index in [1.165, 1.54) is 11.8 Å². The maximum atomic E-state index is 12.9. The van der Waals surface area contributed by atoms with Crippen molar-refractivity contribution >= 4 is 41.4 Å². The van der Waals surface area contributed by atoms with Crippen molar-refractivity contribution in [1.82, 2.24) is 16.0 Å². The Labute approximate surface area is 199 Å². The minimum absolute atomic E-state index is 0.167. The summed E-state index contributed by atoms with van der Waals surface area (Å²) in [4.78, 5) is 60.5. The average Bonchev–Trinajstić information content (AvgIpc) is 2.70. The van der Waals surface area contributed by atoms with E-state index in [0.29, 0.717) is 12.2 Å². The first-order valence-electron chi connectivity index (χ1n) is 10.9. The Morgan fingerprint density at radius 2 is 1.42 bits per heavy atom. The van der Waals surface area contributed by atoms with E-state index in [-0.39, 0.29) is 24.7 Å². The Morgan fingerprint density at radius 3 is 1.88 bits per heavy atom. The predicted octanol–water partition coefficient (Wildman–Crippen LogP) is 0.173. The number of nitrogens with two attached hydrogens (primary N) is 1. The smallest absolute Gasteiger partial charge is 0.326 e. The molecule has 0 fully saturated rings. The van der Waals surface area contributed by atoms with E-state index in [0.717, 1.165) is 0 Å². The molecule has 0 heterocycles. The molecule has 33 heavy (non-hydrogen) atoms. The van der Waals surface area contributed by atoms with Crippen molar-refractivity contribution in [3.8, 4) is 0 Å². The van der Waals surface area contributed by atoms with Crippen LogP contribution in [0.2, 0.25) is 0 Å². The van der Waals surface area contributed by atoms with Crippen molar-refractivity contribution in [2.75, 3.05) is 12.0 Å². The van der Waals surface area contributed by atoms with Gasteiger partial charge in [-0.3, -0.25) is 19.2 Å². The van der Waals surface area contributed by atoms with Gasteiger partial charge in [-0.2, -0.15) is 11.8 Å². The van der Waals surface area contributed by atoms with Gasteiger partial charge in [0.1, 0.15) is 18.1 Å². The van der Waals surface area contributed by atoms with Crippen LogP contribution in [0.25, 0.3) is 0 Å². The number of hydrogen-bond acceptors (Lipinski definition) is 7. The van der Waals surface area contributed by atoms with Gasteiger partial charge in [0, 0.05) is 6.42 Å². The van der Waals surface area contributed by atoms with E-state index in [9.17, 15) is 29.1 Å². The molecule has 4 atom stereocenters. The van der Waals surface area contributed by atoms with Crippen molar-refractivity contribution in [1.29, 1.82) is 0 Å². The van der Waals surface area contributed by atoms with Crippen LogP contribution in [-0.2, 0) is 24.0 Å². The molecule has 0 aromatic heterocycles. The molecule has 11 nitrogen and oxygen atoms in total. The highest BCUT2D eigenvalue weighted by molar-refractivity contribution is 7.98. The topological polar surface area (TPSA) is 188 Å². The zero-order valence-corrected chi connectivity index (χ0v) is 20.7. The number of nitrogens with one attached hydrogen (secondary N) is 3. The van der Waals surface area contributed by atoms with Crippen LogP contribution in [0.3, 0.4) is 0 Å². The fourth-order valence-electron chi connectivity index (χ4n) is 2.97. The summed E-state index contributed by atoms with van der Waals surface area (Å²) >= 11 is 1.41. The summed E-state index contributed by atoms with van der Waals surface area (Å²) in [5.41, 5.74) is 5.89. The van der Waals surface area contributed by atoms with Crippen molar-refractivity contribution < 1.29 is 34.2 Å². The van der Waals surface area contributed by atoms with Crippen molar-refractivity contribution in [3.05, 3.63) is 0 Å². The van der Waals surface area contributed by atoms with Gasteiger partial charge >= 0.3 is 11.9 Å². The lowest BCUT2D eigenvalue weighted by Crippen LogP contribution is -2.58. The molecule has 0 saturated carbocycles. The number of amides is 3. The van der Waals surface area contributed by atoms with E-state index in [4.69, 9.17) is 10.8 Å². The number of carboxylic acid groups (broad SMARTS) is 2. The summed E-state index contributed by atoms with van der Waals surface area (Å²) in [6, 6.07) is -4.28. The minimum Gasteiger partial charge on any atom is -0.481 e. The van der Waals surface area contributed by atoms with Crippen LogP contribution < -0.4 is 21.7 Å². The standard InChI is InChI=1S/C21H38N4O7S/c1-11(2)10-13(22)18(28)25-17(12(3)4)20(30)23-14(6-7-16(26)27)19(29)24-15(21(31)32)8-9-33-5/h11-15,17H,6-10,22H2,1-5H3,(H,23,30)(H,24,29)(H,25,28)(H,26,27)(H,31,32)/t13-,14-,15-,17-/m0/s1. The number of rotatable bonds is 16. The van der Waals surface area contributed by atoms with Crippen molar-refractivity contribution in [2.24, 2.45) is 17.6 Å². The van der Waals surface area contributed by atoms with Gasteiger partial charge in [0.2, 0.25) is 17.7 Å². The van der Waals surface area contributed by atoms with Gasteiger partial charge in [0.05, 0.1) is 6.04 Å². The Balaban J connectivity index is 5.45. The Kier molecular flexibility index (Phi) is 14.4.